The zero-order valence-electron chi connectivity index (χ0n) is 13.4. The number of hydrogen-bond donors (Lipinski definition) is 1. The van der Waals surface area contributed by atoms with E-state index in [-0.39, 0.29) is 5.91 Å². The second-order valence-electron chi connectivity index (χ2n) is 5.32. The third-order valence-corrected chi connectivity index (χ3v) is 3.76. The molecular formula is C18H18Cl2N2O2. The molecule has 0 spiro atoms. The fourth-order valence-electron chi connectivity index (χ4n) is 1.99. The number of hydrazone groups is 1. The lowest BCUT2D eigenvalue weighted by molar-refractivity contribution is -0.127. The van der Waals surface area contributed by atoms with E-state index in [0.29, 0.717) is 22.2 Å². The molecule has 1 atom stereocenters. The van der Waals surface area contributed by atoms with E-state index in [2.05, 4.69) is 10.5 Å². The summed E-state index contributed by atoms with van der Waals surface area (Å²) in [5.74, 6) is 0.0436. The molecule has 0 aliphatic carbocycles. The van der Waals surface area contributed by atoms with E-state index in [1.54, 1.807) is 25.1 Å². The van der Waals surface area contributed by atoms with Gasteiger partial charge in [0.05, 0.1) is 5.02 Å². The number of hydrogen-bond acceptors (Lipinski definition) is 3. The van der Waals surface area contributed by atoms with Crippen LogP contribution in [-0.4, -0.2) is 17.7 Å². The molecule has 24 heavy (non-hydrogen) atoms. The molecule has 0 radical (unpaired) electrons. The predicted molar refractivity (Wildman–Crippen MR) is 97.9 cm³/mol. The molecule has 1 amide bonds. The lowest BCUT2D eigenvalue weighted by Gasteiger charge is -2.14. The first-order chi connectivity index (χ1) is 11.5. The summed E-state index contributed by atoms with van der Waals surface area (Å²) in [4.78, 5) is 12.1. The Labute approximate surface area is 151 Å². The van der Waals surface area contributed by atoms with Crippen molar-refractivity contribution in [3.05, 3.63) is 64.1 Å². The Morgan fingerprint density at radius 2 is 1.92 bits per heavy atom. The predicted octanol–water partition coefficient (Wildman–Crippen LogP) is 4.50. The van der Waals surface area contributed by atoms with Gasteiger partial charge in [0.2, 0.25) is 0 Å². The third kappa shape index (κ3) is 5.55. The Bertz CT molecular complexity index is 733. The molecule has 1 N–H and O–H groups in total. The molecular weight excluding hydrogens is 347 g/mol. The summed E-state index contributed by atoms with van der Waals surface area (Å²) in [6, 6.07) is 14.7. The second-order valence-corrected chi connectivity index (χ2v) is 6.16. The van der Waals surface area contributed by atoms with Gasteiger partial charge in [0, 0.05) is 17.2 Å². The average molecular weight is 365 g/mol. The van der Waals surface area contributed by atoms with Gasteiger partial charge in [-0.15, -0.1) is 0 Å². The molecule has 0 bridgehead atoms. The van der Waals surface area contributed by atoms with Crippen molar-refractivity contribution in [3.63, 3.8) is 0 Å². The monoisotopic (exact) mass is 364 g/mol. The van der Waals surface area contributed by atoms with Crippen LogP contribution in [0.15, 0.2) is 53.6 Å². The van der Waals surface area contributed by atoms with Crippen molar-refractivity contribution in [1.29, 1.82) is 0 Å². The second kappa shape index (κ2) is 8.71. The largest absolute Gasteiger partial charge is 0.479 e. The van der Waals surface area contributed by atoms with Crippen molar-refractivity contribution in [1.82, 2.24) is 5.43 Å². The minimum absolute atomic E-state index is 0.353. The number of halogens is 2. The summed E-state index contributed by atoms with van der Waals surface area (Å²) >= 11 is 11.9. The number of carbonyl (C=O) groups excluding carboxylic acids is 1. The molecule has 0 aliphatic heterocycles. The molecule has 0 aliphatic rings. The van der Waals surface area contributed by atoms with Crippen LogP contribution in [0.5, 0.6) is 5.75 Å². The van der Waals surface area contributed by atoms with Crippen LogP contribution in [0, 0.1) is 0 Å². The van der Waals surface area contributed by atoms with Crippen molar-refractivity contribution in [2.75, 3.05) is 0 Å². The number of carbonyl (C=O) groups is 1. The molecule has 6 heteroatoms. The number of ether oxygens (including phenoxy) is 1. The van der Waals surface area contributed by atoms with Gasteiger partial charge in [-0.05, 0) is 37.6 Å². The van der Waals surface area contributed by atoms with Crippen LogP contribution < -0.4 is 10.2 Å². The molecule has 0 saturated heterocycles. The lowest BCUT2D eigenvalue weighted by atomic mass is 10.1. The third-order valence-electron chi connectivity index (χ3n) is 3.23. The first-order valence-corrected chi connectivity index (χ1v) is 8.20. The zero-order valence-corrected chi connectivity index (χ0v) is 14.9. The van der Waals surface area contributed by atoms with Crippen LogP contribution in [0.1, 0.15) is 19.4 Å². The summed E-state index contributed by atoms with van der Waals surface area (Å²) in [5, 5.41) is 4.96. The molecule has 126 valence electrons. The van der Waals surface area contributed by atoms with Crippen molar-refractivity contribution >= 4 is 34.8 Å². The van der Waals surface area contributed by atoms with Gasteiger partial charge in [0.1, 0.15) is 5.75 Å². The molecule has 0 fully saturated rings. The molecule has 2 aromatic carbocycles. The standard InChI is InChI=1S/C18H18Cl2N2O2/c1-12(10-14-6-4-3-5-7-14)21-22-18(23)13(2)24-17-9-8-15(19)11-16(17)20/h3-9,11,13H,10H2,1-2H3,(H,22,23)/b21-12+. The van der Waals surface area contributed by atoms with Crippen LogP contribution in [0.4, 0.5) is 0 Å². The van der Waals surface area contributed by atoms with Crippen LogP contribution in [0.25, 0.3) is 0 Å². The SMILES string of the molecule is C/C(Cc1ccccc1)=N\NC(=O)C(C)Oc1ccc(Cl)cc1Cl. The number of rotatable bonds is 6. The molecule has 0 heterocycles. The van der Waals surface area contributed by atoms with Gasteiger partial charge >= 0.3 is 0 Å². The first kappa shape index (κ1) is 18.3. The van der Waals surface area contributed by atoms with Crippen molar-refractivity contribution in [3.8, 4) is 5.75 Å². The van der Waals surface area contributed by atoms with E-state index in [1.165, 1.54) is 0 Å². The maximum Gasteiger partial charge on any atom is 0.280 e. The Morgan fingerprint density at radius 1 is 1.21 bits per heavy atom. The van der Waals surface area contributed by atoms with E-state index in [0.717, 1.165) is 11.3 Å². The fraction of sp³-hybridized carbons (Fsp3) is 0.222. The highest BCUT2D eigenvalue weighted by Gasteiger charge is 2.16. The molecule has 0 saturated carbocycles. The highest BCUT2D eigenvalue weighted by molar-refractivity contribution is 6.35. The summed E-state index contributed by atoms with van der Waals surface area (Å²) in [7, 11) is 0. The van der Waals surface area contributed by atoms with E-state index in [9.17, 15) is 4.79 Å². The minimum Gasteiger partial charge on any atom is -0.479 e. The first-order valence-electron chi connectivity index (χ1n) is 7.44. The maximum absolute atomic E-state index is 12.1. The molecule has 4 nitrogen and oxygen atoms in total. The van der Waals surface area contributed by atoms with Gasteiger partial charge in [-0.25, -0.2) is 5.43 Å². The maximum atomic E-state index is 12.1. The van der Waals surface area contributed by atoms with Crippen LogP contribution in [0.2, 0.25) is 10.0 Å². The van der Waals surface area contributed by atoms with Gasteiger partial charge < -0.3 is 4.74 Å². The van der Waals surface area contributed by atoms with Crippen LogP contribution in [0.3, 0.4) is 0 Å². The molecule has 2 aromatic rings. The van der Waals surface area contributed by atoms with E-state index in [4.69, 9.17) is 27.9 Å². The molecule has 1 unspecified atom stereocenters. The van der Waals surface area contributed by atoms with Gasteiger partial charge in [0.15, 0.2) is 6.10 Å². The quantitative estimate of drug-likeness (QED) is 0.606. The van der Waals surface area contributed by atoms with Crippen molar-refractivity contribution < 1.29 is 9.53 Å². The highest BCUT2D eigenvalue weighted by Crippen LogP contribution is 2.28. The zero-order chi connectivity index (χ0) is 17.5. The van der Waals surface area contributed by atoms with Crippen molar-refractivity contribution in [2.45, 2.75) is 26.4 Å². The van der Waals surface area contributed by atoms with Gasteiger partial charge in [-0.2, -0.15) is 5.10 Å². The number of nitrogens with zero attached hydrogens (tertiary/aromatic N) is 1. The highest BCUT2D eigenvalue weighted by atomic mass is 35.5. The van der Waals surface area contributed by atoms with E-state index >= 15 is 0 Å². The van der Waals surface area contributed by atoms with Crippen LogP contribution >= 0.6 is 23.2 Å². The summed E-state index contributed by atoms with van der Waals surface area (Å²) in [6.07, 6.45) is -0.0729. The van der Waals surface area contributed by atoms with Gasteiger partial charge in [0.25, 0.3) is 5.91 Å². The average Bonchev–Trinajstić information content (AvgIpc) is 2.56. The topological polar surface area (TPSA) is 50.7 Å². The minimum atomic E-state index is -0.739. The van der Waals surface area contributed by atoms with E-state index in [1.807, 2.05) is 37.3 Å². The Balaban J connectivity index is 1.90. The van der Waals surface area contributed by atoms with Crippen LogP contribution in [-0.2, 0) is 11.2 Å². The Morgan fingerprint density at radius 3 is 2.58 bits per heavy atom. The molecule has 0 aromatic heterocycles. The van der Waals surface area contributed by atoms with Gasteiger partial charge in [-0.1, -0.05) is 53.5 Å². The Kier molecular flexibility index (Phi) is 6.64. The number of benzene rings is 2. The molecule has 2 rings (SSSR count). The summed E-state index contributed by atoms with van der Waals surface area (Å²) in [6.45, 7) is 3.48. The lowest BCUT2D eigenvalue weighted by Crippen LogP contribution is -2.34. The summed E-state index contributed by atoms with van der Waals surface area (Å²) < 4.78 is 5.54. The van der Waals surface area contributed by atoms with Gasteiger partial charge in [-0.3, -0.25) is 4.79 Å². The van der Waals surface area contributed by atoms with E-state index < -0.39 is 6.10 Å². The fourth-order valence-corrected chi connectivity index (χ4v) is 2.44. The number of amides is 1. The Hall–Kier alpha value is -2.04. The summed E-state index contributed by atoms with van der Waals surface area (Å²) in [5.41, 5.74) is 4.44. The van der Waals surface area contributed by atoms with Crippen molar-refractivity contribution in [2.24, 2.45) is 5.10 Å². The number of nitrogens with one attached hydrogen (secondary N) is 1. The smallest absolute Gasteiger partial charge is 0.280 e. The normalized spacial score (nSPS) is 12.6.